The van der Waals surface area contributed by atoms with E-state index in [2.05, 4.69) is 46.5 Å². The molecular formula is C16H26F3IN4. The molecule has 0 aliphatic heterocycles. The van der Waals surface area contributed by atoms with Crippen molar-refractivity contribution in [2.45, 2.75) is 26.4 Å². The number of halogens is 4. The normalized spacial score (nSPS) is 11.7. The summed E-state index contributed by atoms with van der Waals surface area (Å²) in [6.07, 6.45) is -5.03. The van der Waals surface area contributed by atoms with Gasteiger partial charge in [0, 0.05) is 38.9 Å². The number of hydrogen-bond donors (Lipinski definition) is 2. The number of nitrogens with one attached hydrogen (secondary N) is 2. The molecule has 0 atom stereocenters. The molecule has 0 radical (unpaired) electrons. The van der Waals surface area contributed by atoms with Crippen LogP contribution in [0.4, 0.5) is 18.9 Å². The molecule has 24 heavy (non-hydrogen) atoms. The highest BCUT2D eigenvalue weighted by molar-refractivity contribution is 14.0. The van der Waals surface area contributed by atoms with Crippen molar-refractivity contribution in [3.63, 3.8) is 0 Å². The van der Waals surface area contributed by atoms with Crippen molar-refractivity contribution in [1.29, 1.82) is 0 Å². The summed E-state index contributed by atoms with van der Waals surface area (Å²) in [5.74, 6) is 0.384. The van der Waals surface area contributed by atoms with Crippen LogP contribution < -0.4 is 15.5 Å². The Bertz CT molecular complexity index is 506. The first-order chi connectivity index (χ1) is 10.9. The highest BCUT2D eigenvalue weighted by Gasteiger charge is 2.26. The van der Waals surface area contributed by atoms with E-state index in [1.807, 2.05) is 12.1 Å². The predicted molar refractivity (Wildman–Crippen MR) is 105 cm³/mol. The smallest absolute Gasteiger partial charge is 0.370 e. The number of alkyl halides is 3. The van der Waals surface area contributed by atoms with Crippen molar-refractivity contribution in [1.82, 2.24) is 10.6 Å². The zero-order chi connectivity index (χ0) is 17.3. The topological polar surface area (TPSA) is 39.7 Å². The minimum Gasteiger partial charge on any atom is -0.370 e. The van der Waals surface area contributed by atoms with Gasteiger partial charge in [0.1, 0.15) is 0 Å². The molecule has 4 nitrogen and oxygen atoms in total. The van der Waals surface area contributed by atoms with Gasteiger partial charge in [0.15, 0.2) is 5.96 Å². The largest absolute Gasteiger partial charge is 0.390 e. The lowest BCUT2D eigenvalue weighted by molar-refractivity contribution is -0.132. The number of anilines is 1. The lowest BCUT2D eigenvalue weighted by atomic mass is 10.2. The summed E-state index contributed by atoms with van der Waals surface area (Å²) in [6, 6.07) is 8.12. The summed E-state index contributed by atoms with van der Waals surface area (Å²) in [5, 5.41) is 5.71. The molecule has 0 amide bonds. The maximum atomic E-state index is 12.1. The van der Waals surface area contributed by atoms with Crippen LogP contribution in [-0.4, -0.2) is 45.4 Å². The summed E-state index contributed by atoms with van der Waals surface area (Å²) in [5.41, 5.74) is 2.36. The van der Waals surface area contributed by atoms with E-state index < -0.39 is 12.6 Å². The number of guanidine groups is 1. The van der Waals surface area contributed by atoms with Crippen LogP contribution in [0.3, 0.4) is 0 Å². The van der Waals surface area contributed by atoms with Gasteiger partial charge in [-0.25, -0.2) is 0 Å². The Morgan fingerprint density at radius 2 is 1.79 bits per heavy atom. The quantitative estimate of drug-likeness (QED) is 0.373. The Labute approximate surface area is 158 Å². The molecule has 0 fully saturated rings. The molecule has 2 N–H and O–H groups in total. The molecule has 1 aromatic rings. The lowest BCUT2D eigenvalue weighted by Crippen LogP contribution is -2.42. The van der Waals surface area contributed by atoms with Crippen molar-refractivity contribution in [2.24, 2.45) is 4.99 Å². The molecule has 0 aliphatic rings. The molecule has 1 rings (SSSR count). The number of likely N-dealkylation sites (N-methyl/N-ethyl adjacent to an activating group) is 1. The second kappa shape index (κ2) is 11.4. The van der Waals surface area contributed by atoms with Crippen LogP contribution in [0.25, 0.3) is 0 Å². The standard InChI is InChI=1S/C16H25F3N4.HI/c1-4-23(14-8-6-5-7-13(14)2)12-11-22-15(20-3)21-10-9-16(17,18)19;/h5-8H,4,9-12H2,1-3H3,(H2,20,21,22);1H. The maximum Gasteiger partial charge on any atom is 0.390 e. The van der Waals surface area contributed by atoms with Gasteiger partial charge in [-0.1, -0.05) is 18.2 Å². The Hall–Kier alpha value is -1.19. The van der Waals surface area contributed by atoms with E-state index in [1.54, 1.807) is 7.05 Å². The third kappa shape index (κ3) is 8.60. The minimum absolute atomic E-state index is 0. The fraction of sp³-hybridized carbons (Fsp3) is 0.562. The Kier molecular flexibility index (Phi) is 10.8. The van der Waals surface area contributed by atoms with Crippen molar-refractivity contribution in [3.8, 4) is 0 Å². The summed E-state index contributed by atoms with van der Waals surface area (Å²) < 4.78 is 36.4. The average molecular weight is 458 g/mol. The van der Waals surface area contributed by atoms with Crippen LogP contribution in [-0.2, 0) is 0 Å². The van der Waals surface area contributed by atoms with E-state index in [-0.39, 0.29) is 30.5 Å². The number of aliphatic imine (C=N–C) groups is 1. The van der Waals surface area contributed by atoms with Gasteiger partial charge in [0.05, 0.1) is 6.42 Å². The van der Waals surface area contributed by atoms with Gasteiger partial charge in [-0.05, 0) is 25.5 Å². The van der Waals surface area contributed by atoms with Crippen molar-refractivity contribution in [3.05, 3.63) is 29.8 Å². The van der Waals surface area contributed by atoms with Crippen LogP contribution in [0.1, 0.15) is 18.9 Å². The SMILES string of the molecule is CCN(CCNC(=NC)NCCC(F)(F)F)c1ccccc1C.I. The Morgan fingerprint density at radius 1 is 1.17 bits per heavy atom. The predicted octanol–water partition coefficient (Wildman–Crippen LogP) is 3.56. The Morgan fingerprint density at radius 3 is 2.33 bits per heavy atom. The number of aryl methyl sites for hydroxylation is 1. The zero-order valence-electron chi connectivity index (χ0n) is 14.3. The summed E-state index contributed by atoms with van der Waals surface area (Å²) >= 11 is 0. The molecule has 0 saturated heterocycles. The first kappa shape index (κ1) is 22.8. The number of benzene rings is 1. The number of rotatable bonds is 7. The van der Waals surface area contributed by atoms with E-state index in [9.17, 15) is 13.2 Å². The second-order valence-electron chi connectivity index (χ2n) is 5.16. The van der Waals surface area contributed by atoms with Crippen LogP contribution in [0.5, 0.6) is 0 Å². The van der Waals surface area contributed by atoms with E-state index in [0.29, 0.717) is 12.5 Å². The van der Waals surface area contributed by atoms with Crippen molar-refractivity contribution in [2.75, 3.05) is 38.1 Å². The fourth-order valence-corrected chi connectivity index (χ4v) is 2.22. The van der Waals surface area contributed by atoms with Crippen molar-refractivity contribution >= 4 is 35.6 Å². The molecule has 0 heterocycles. The van der Waals surface area contributed by atoms with E-state index >= 15 is 0 Å². The van der Waals surface area contributed by atoms with Gasteiger partial charge in [0.25, 0.3) is 0 Å². The summed E-state index contributed by atoms with van der Waals surface area (Å²) in [7, 11) is 1.54. The molecular weight excluding hydrogens is 432 g/mol. The van der Waals surface area contributed by atoms with Gasteiger partial charge in [-0.15, -0.1) is 24.0 Å². The van der Waals surface area contributed by atoms with Gasteiger partial charge >= 0.3 is 6.18 Å². The highest BCUT2D eigenvalue weighted by atomic mass is 127. The molecule has 0 aromatic heterocycles. The third-order valence-corrected chi connectivity index (χ3v) is 3.44. The van der Waals surface area contributed by atoms with Gasteiger partial charge in [-0.2, -0.15) is 13.2 Å². The number of para-hydroxylation sites is 1. The van der Waals surface area contributed by atoms with Gasteiger partial charge < -0.3 is 15.5 Å². The first-order valence-corrected chi connectivity index (χ1v) is 7.69. The lowest BCUT2D eigenvalue weighted by Gasteiger charge is -2.25. The molecule has 1 aromatic carbocycles. The Balaban J connectivity index is 0.00000529. The van der Waals surface area contributed by atoms with E-state index in [4.69, 9.17) is 0 Å². The van der Waals surface area contributed by atoms with Gasteiger partial charge in [-0.3, -0.25) is 4.99 Å². The fourth-order valence-electron chi connectivity index (χ4n) is 2.22. The maximum absolute atomic E-state index is 12.1. The van der Waals surface area contributed by atoms with E-state index in [1.165, 1.54) is 5.56 Å². The molecule has 0 aliphatic carbocycles. The van der Waals surface area contributed by atoms with Crippen LogP contribution in [0, 0.1) is 6.92 Å². The van der Waals surface area contributed by atoms with Crippen LogP contribution >= 0.6 is 24.0 Å². The zero-order valence-corrected chi connectivity index (χ0v) is 16.6. The van der Waals surface area contributed by atoms with Gasteiger partial charge in [0.2, 0.25) is 0 Å². The van der Waals surface area contributed by atoms with E-state index in [0.717, 1.165) is 18.8 Å². The minimum atomic E-state index is -4.16. The summed E-state index contributed by atoms with van der Waals surface area (Å²) in [4.78, 5) is 6.14. The van der Waals surface area contributed by atoms with Crippen molar-refractivity contribution < 1.29 is 13.2 Å². The molecule has 0 bridgehead atoms. The van der Waals surface area contributed by atoms with Crippen LogP contribution in [0.2, 0.25) is 0 Å². The summed E-state index contributed by atoms with van der Waals surface area (Å²) in [6.45, 7) is 6.13. The average Bonchev–Trinajstić information content (AvgIpc) is 2.49. The third-order valence-electron chi connectivity index (χ3n) is 3.44. The monoisotopic (exact) mass is 458 g/mol. The number of nitrogens with zero attached hydrogens (tertiary/aromatic N) is 2. The second-order valence-corrected chi connectivity index (χ2v) is 5.16. The molecule has 8 heteroatoms. The van der Waals surface area contributed by atoms with Crippen LogP contribution in [0.15, 0.2) is 29.3 Å². The first-order valence-electron chi connectivity index (χ1n) is 7.69. The number of hydrogen-bond acceptors (Lipinski definition) is 2. The molecule has 0 unspecified atom stereocenters. The highest BCUT2D eigenvalue weighted by Crippen LogP contribution is 2.19. The molecule has 0 spiro atoms. The molecule has 138 valence electrons. The molecule has 0 saturated carbocycles.